The monoisotopic (exact) mass is 320 g/mol. The second kappa shape index (κ2) is 5.19. The smallest absolute Gasteiger partial charge is 0.257 e. The van der Waals surface area contributed by atoms with Crippen LogP contribution in [0.4, 0.5) is 4.39 Å². The predicted molar refractivity (Wildman–Crippen MR) is 77.8 cm³/mol. The largest absolute Gasteiger partial charge is 0.330 e. The third-order valence-corrected chi connectivity index (χ3v) is 4.54. The van der Waals surface area contributed by atoms with Crippen molar-refractivity contribution in [2.75, 3.05) is 0 Å². The molecule has 0 aliphatic carbocycles. The lowest BCUT2D eigenvalue weighted by molar-refractivity contribution is 0.0746. The fourth-order valence-corrected chi connectivity index (χ4v) is 3.03. The second-order valence-corrected chi connectivity index (χ2v) is 6.68. The van der Waals surface area contributed by atoms with Crippen molar-refractivity contribution in [3.05, 3.63) is 65.0 Å². The number of nitrogens with zero attached hydrogens (tertiary/aromatic N) is 1. The molecule has 0 bridgehead atoms. The van der Waals surface area contributed by atoms with Gasteiger partial charge in [0, 0.05) is 13.1 Å². The van der Waals surface area contributed by atoms with Crippen molar-refractivity contribution in [3.8, 4) is 0 Å². The van der Waals surface area contributed by atoms with Crippen molar-refractivity contribution in [3.63, 3.8) is 0 Å². The van der Waals surface area contributed by atoms with Crippen molar-refractivity contribution >= 4 is 15.9 Å². The minimum absolute atomic E-state index is 0.283. The van der Waals surface area contributed by atoms with Crippen LogP contribution in [-0.2, 0) is 23.1 Å². The van der Waals surface area contributed by atoms with Crippen LogP contribution in [0.25, 0.3) is 0 Å². The molecule has 7 heteroatoms. The van der Waals surface area contributed by atoms with E-state index in [1.165, 1.54) is 4.90 Å². The van der Waals surface area contributed by atoms with E-state index in [-0.39, 0.29) is 10.5 Å². The second-order valence-electron chi connectivity index (χ2n) is 5.12. The van der Waals surface area contributed by atoms with Crippen LogP contribution in [-0.4, -0.2) is 19.2 Å². The quantitative estimate of drug-likeness (QED) is 0.913. The van der Waals surface area contributed by atoms with Gasteiger partial charge in [-0.3, -0.25) is 4.79 Å². The lowest BCUT2D eigenvalue weighted by Gasteiger charge is -2.16. The SMILES string of the molecule is NS(=O)(=O)c1ccc(F)c(C(=O)N2Cc3ccccc3C2)c1. The lowest BCUT2D eigenvalue weighted by atomic mass is 10.1. The number of rotatable bonds is 2. The van der Waals surface area contributed by atoms with Gasteiger partial charge in [-0.1, -0.05) is 24.3 Å². The summed E-state index contributed by atoms with van der Waals surface area (Å²) in [5, 5.41) is 5.02. The highest BCUT2D eigenvalue weighted by Gasteiger charge is 2.26. The number of primary sulfonamides is 1. The summed E-state index contributed by atoms with van der Waals surface area (Å²) in [6.45, 7) is 0.738. The van der Waals surface area contributed by atoms with E-state index in [4.69, 9.17) is 5.14 Å². The zero-order valence-corrected chi connectivity index (χ0v) is 12.3. The van der Waals surface area contributed by atoms with Gasteiger partial charge in [-0.25, -0.2) is 17.9 Å². The standard InChI is InChI=1S/C15H13FN2O3S/c16-14-6-5-12(22(17,20)21)7-13(14)15(19)18-8-10-3-1-2-4-11(10)9-18/h1-7H,8-9H2,(H2,17,20,21). The summed E-state index contributed by atoms with van der Waals surface area (Å²) in [6.07, 6.45) is 0. The van der Waals surface area contributed by atoms with Crippen molar-refractivity contribution < 1.29 is 17.6 Å². The van der Waals surface area contributed by atoms with Gasteiger partial charge >= 0.3 is 0 Å². The molecule has 0 fully saturated rings. The molecule has 2 aromatic carbocycles. The summed E-state index contributed by atoms with van der Waals surface area (Å²) < 4.78 is 36.6. The van der Waals surface area contributed by atoms with Gasteiger partial charge in [0.05, 0.1) is 10.5 Å². The van der Waals surface area contributed by atoms with Crippen LogP contribution in [0.15, 0.2) is 47.4 Å². The van der Waals surface area contributed by atoms with Crippen LogP contribution in [0.1, 0.15) is 21.5 Å². The average molecular weight is 320 g/mol. The molecule has 0 saturated carbocycles. The number of fused-ring (bicyclic) bond motifs is 1. The normalized spacial score (nSPS) is 14.0. The van der Waals surface area contributed by atoms with Crippen LogP contribution in [0.5, 0.6) is 0 Å². The molecule has 0 atom stereocenters. The minimum Gasteiger partial charge on any atom is -0.330 e. The van der Waals surface area contributed by atoms with E-state index in [9.17, 15) is 17.6 Å². The number of hydrogen-bond acceptors (Lipinski definition) is 3. The molecule has 0 spiro atoms. The summed E-state index contributed by atoms with van der Waals surface area (Å²) >= 11 is 0. The number of carbonyl (C=O) groups excluding carboxylic acids is 1. The highest BCUT2D eigenvalue weighted by atomic mass is 32.2. The first-order valence-corrected chi connectivity index (χ1v) is 8.09. The van der Waals surface area contributed by atoms with Crippen LogP contribution in [0, 0.1) is 5.82 Å². The van der Waals surface area contributed by atoms with Gasteiger partial charge in [0.25, 0.3) is 5.91 Å². The molecule has 2 aromatic rings. The van der Waals surface area contributed by atoms with Crippen molar-refractivity contribution in [1.82, 2.24) is 4.90 Å². The Labute approximate surface area is 127 Å². The highest BCUT2D eigenvalue weighted by molar-refractivity contribution is 7.89. The maximum Gasteiger partial charge on any atom is 0.257 e. The number of halogens is 1. The number of nitrogens with two attached hydrogens (primary N) is 1. The van der Waals surface area contributed by atoms with Gasteiger partial charge in [-0.15, -0.1) is 0 Å². The number of sulfonamides is 1. The van der Waals surface area contributed by atoms with E-state index in [0.29, 0.717) is 13.1 Å². The van der Waals surface area contributed by atoms with Gasteiger partial charge in [0.1, 0.15) is 5.82 Å². The zero-order chi connectivity index (χ0) is 15.9. The molecular formula is C15H13FN2O3S. The molecule has 1 heterocycles. The minimum atomic E-state index is -3.99. The van der Waals surface area contributed by atoms with Crippen LogP contribution in [0.3, 0.4) is 0 Å². The third-order valence-electron chi connectivity index (χ3n) is 3.62. The topological polar surface area (TPSA) is 80.5 Å². The third kappa shape index (κ3) is 2.60. The van der Waals surface area contributed by atoms with E-state index in [2.05, 4.69) is 0 Å². The lowest BCUT2D eigenvalue weighted by Crippen LogP contribution is -2.26. The van der Waals surface area contributed by atoms with Crippen LogP contribution in [0.2, 0.25) is 0 Å². The van der Waals surface area contributed by atoms with Gasteiger partial charge < -0.3 is 4.90 Å². The molecule has 3 rings (SSSR count). The molecule has 0 unspecified atom stereocenters. The summed E-state index contributed by atoms with van der Waals surface area (Å²) in [4.78, 5) is 13.7. The summed E-state index contributed by atoms with van der Waals surface area (Å²) in [6, 6.07) is 10.5. The van der Waals surface area contributed by atoms with Gasteiger partial charge in [0.2, 0.25) is 10.0 Å². The number of carbonyl (C=O) groups is 1. The van der Waals surface area contributed by atoms with Crippen LogP contribution < -0.4 is 5.14 Å². The Bertz CT molecular complexity index is 840. The first-order chi connectivity index (χ1) is 10.4. The highest BCUT2D eigenvalue weighted by Crippen LogP contribution is 2.25. The van der Waals surface area contributed by atoms with Gasteiger partial charge in [0.15, 0.2) is 0 Å². The van der Waals surface area contributed by atoms with Crippen molar-refractivity contribution in [2.45, 2.75) is 18.0 Å². The van der Waals surface area contributed by atoms with Crippen molar-refractivity contribution in [2.24, 2.45) is 5.14 Å². The Kier molecular flexibility index (Phi) is 3.46. The van der Waals surface area contributed by atoms with E-state index < -0.39 is 21.7 Å². The van der Waals surface area contributed by atoms with Crippen LogP contribution >= 0.6 is 0 Å². The van der Waals surface area contributed by atoms with Gasteiger partial charge in [-0.2, -0.15) is 0 Å². The zero-order valence-electron chi connectivity index (χ0n) is 11.5. The van der Waals surface area contributed by atoms with Crippen molar-refractivity contribution in [1.29, 1.82) is 0 Å². The molecule has 0 aromatic heterocycles. The molecule has 1 amide bonds. The molecule has 5 nitrogen and oxygen atoms in total. The molecule has 1 aliphatic rings. The number of benzene rings is 2. The van der Waals surface area contributed by atoms with Gasteiger partial charge in [-0.05, 0) is 29.3 Å². The molecular weight excluding hydrogens is 307 g/mol. The summed E-state index contributed by atoms with van der Waals surface area (Å²) in [5.41, 5.74) is 1.71. The Morgan fingerprint density at radius 3 is 2.23 bits per heavy atom. The first kappa shape index (κ1) is 14.7. The Balaban J connectivity index is 1.94. The average Bonchev–Trinajstić information content (AvgIpc) is 2.89. The Morgan fingerprint density at radius 2 is 1.68 bits per heavy atom. The fraction of sp³-hybridized carbons (Fsp3) is 0.133. The van der Waals surface area contributed by atoms with E-state index in [1.54, 1.807) is 0 Å². The summed E-state index contributed by atoms with van der Waals surface area (Å²) in [5.74, 6) is -1.33. The van der Waals surface area contributed by atoms with E-state index in [1.807, 2.05) is 24.3 Å². The molecule has 22 heavy (non-hydrogen) atoms. The van der Waals surface area contributed by atoms with E-state index in [0.717, 1.165) is 29.3 Å². The Morgan fingerprint density at radius 1 is 1.09 bits per heavy atom. The Hall–Kier alpha value is -2.25. The molecule has 0 saturated heterocycles. The molecule has 0 radical (unpaired) electrons. The number of hydrogen-bond donors (Lipinski definition) is 1. The molecule has 2 N–H and O–H groups in total. The van der Waals surface area contributed by atoms with E-state index >= 15 is 0 Å². The predicted octanol–water partition coefficient (Wildman–Crippen LogP) is 1.63. The number of amides is 1. The fourth-order valence-electron chi connectivity index (χ4n) is 2.49. The maximum absolute atomic E-state index is 13.9. The first-order valence-electron chi connectivity index (χ1n) is 6.54. The molecule has 1 aliphatic heterocycles. The summed E-state index contributed by atoms with van der Waals surface area (Å²) in [7, 11) is -3.99. The maximum atomic E-state index is 13.9. The molecule has 114 valence electrons.